The maximum absolute atomic E-state index is 12.2. The molecule has 1 saturated heterocycles. The SMILES string of the molecule is CN=C(NCC1CC1)NCC1CCCN(C(=O)OC(C)(C)C)C1. The summed E-state index contributed by atoms with van der Waals surface area (Å²) in [5.41, 5.74) is -0.433. The summed E-state index contributed by atoms with van der Waals surface area (Å²) in [5.74, 6) is 2.13. The molecule has 2 N–H and O–H groups in total. The van der Waals surface area contributed by atoms with Crippen LogP contribution in [0.3, 0.4) is 0 Å². The number of hydrogen-bond acceptors (Lipinski definition) is 3. The van der Waals surface area contributed by atoms with Gasteiger partial charge in [-0.3, -0.25) is 4.99 Å². The van der Waals surface area contributed by atoms with E-state index in [-0.39, 0.29) is 6.09 Å². The highest BCUT2D eigenvalue weighted by Gasteiger charge is 2.27. The molecule has 0 spiro atoms. The first-order valence-corrected chi connectivity index (χ1v) is 8.80. The van der Waals surface area contributed by atoms with Crippen LogP contribution < -0.4 is 10.6 Å². The standard InChI is InChI=1S/C17H32N4O2/c1-17(2,3)23-16(22)21-9-5-6-14(12-21)11-20-15(18-4)19-10-13-7-8-13/h13-14H,5-12H2,1-4H3,(H2,18,19,20). The summed E-state index contributed by atoms with van der Waals surface area (Å²) in [6.07, 6.45) is 4.62. The first-order valence-electron chi connectivity index (χ1n) is 8.80. The molecule has 23 heavy (non-hydrogen) atoms. The van der Waals surface area contributed by atoms with Gasteiger partial charge >= 0.3 is 6.09 Å². The number of carbonyl (C=O) groups excluding carboxylic acids is 1. The normalized spacial score (nSPS) is 22.7. The molecule has 132 valence electrons. The van der Waals surface area contributed by atoms with E-state index < -0.39 is 5.60 Å². The second kappa shape index (κ2) is 7.88. The van der Waals surface area contributed by atoms with Gasteiger partial charge in [-0.15, -0.1) is 0 Å². The quantitative estimate of drug-likeness (QED) is 0.615. The zero-order chi connectivity index (χ0) is 16.9. The fourth-order valence-corrected chi connectivity index (χ4v) is 2.75. The van der Waals surface area contributed by atoms with E-state index in [1.807, 2.05) is 25.7 Å². The van der Waals surface area contributed by atoms with Crippen molar-refractivity contribution in [3.8, 4) is 0 Å². The van der Waals surface area contributed by atoms with E-state index in [0.29, 0.717) is 5.92 Å². The van der Waals surface area contributed by atoms with Gasteiger partial charge in [0, 0.05) is 33.2 Å². The third kappa shape index (κ3) is 6.67. The van der Waals surface area contributed by atoms with Gasteiger partial charge in [-0.25, -0.2) is 4.79 Å². The maximum atomic E-state index is 12.2. The lowest BCUT2D eigenvalue weighted by molar-refractivity contribution is 0.0168. The van der Waals surface area contributed by atoms with Gasteiger partial charge in [0.2, 0.25) is 0 Å². The van der Waals surface area contributed by atoms with Crippen molar-refractivity contribution >= 4 is 12.1 Å². The minimum Gasteiger partial charge on any atom is -0.444 e. The molecule has 1 unspecified atom stereocenters. The molecule has 0 aromatic heterocycles. The number of amides is 1. The summed E-state index contributed by atoms with van der Waals surface area (Å²) >= 11 is 0. The maximum Gasteiger partial charge on any atom is 0.410 e. The zero-order valence-corrected chi connectivity index (χ0v) is 15.0. The summed E-state index contributed by atoms with van der Waals surface area (Å²) in [5, 5.41) is 6.76. The highest BCUT2D eigenvalue weighted by Crippen LogP contribution is 2.27. The van der Waals surface area contributed by atoms with Crippen molar-refractivity contribution in [1.82, 2.24) is 15.5 Å². The molecule has 2 aliphatic rings. The molecule has 1 atom stereocenters. The second-order valence-corrected chi connectivity index (χ2v) is 7.71. The van der Waals surface area contributed by atoms with Crippen LogP contribution in [0.5, 0.6) is 0 Å². The van der Waals surface area contributed by atoms with E-state index in [1.54, 1.807) is 7.05 Å². The Balaban J connectivity index is 1.73. The van der Waals surface area contributed by atoms with E-state index in [2.05, 4.69) is 15.6 Å². The van der Waals surface area contributed by atoms with Gasteiger partial charge in [0.1, 0.15) is 5.60 Å². The molecule has 1 saturated carbocycles. The van der Waals surface area contributed by atoms with Crippen molar-refractivity contribution in [3.63, 3.8) is 0 Å². The van der Waals surface area contributed by atoms with Crippen molar-refractivity contribution in [1.29, 1.82) is 0 Å². The third-order valence-electron chi connectivity index (χ3n) is 4.21. The molecule has 2 rings (SSSR count). The molecular weight excluding hydrogens is 292 g/mol. The Morgan fingerprint density at radius 3 is 2.39 bits per heavy atom. The third-order valence-corrected chi connectivity index (χ3v) is 4.21. The molecule has 1 aliphatic heterocycles. The number of carbonyl (C=O) groups is 1. The van der Waals surface area contributed by atoms with E-state index >= 15 is 0 Å². The lowest BCUT2D eigenvalue weighted by Gasteiger charge is -2.34. The zero-order valence-electron chi connectivity index (χ0n) is 15.0. The van der Waals surface area contributed by atoms with Crippen molar-refractivity contribution in [2.45, 2.75) is 52.1 Å². The van der Waals surface area contributed by atoms with E-state index in [0.717, 1.165) is 50.9 Å². The largest absolute Gasteiger partial charge is 0.444 e. The Hall–Kier alpha value is -1.46. The Kier molecular flexibility index (Phi) is 6.13. The Morgan fingerprint density at radius 2 is 1.83 bits per heavy atom. The van der Waals surface area contributed by atoms with Crippen LogP contribution in [0.4, 0.5) is 4.79 Å². The number of nitrogens with one attached hydrogen (secondary N) is 2. The molecule has 2 fully saturated rings. The molecule has 1 amide bonds. The highest BCUT2D eigenvalue weighted by molar-refractivity contribution is 5.79. The number of nitrogens with zero attached hydrogens (tertiary/aromatic N) is 2. The minimum atomic E-state index is -0.433. The van der Waals surface area contributed by atoms with Crippen LogP contribution in [0, 0.1) is 11.8 Å². The molecule has 0 bridgehead atoms. The number of likely N-dealkylation sites (tertiary alicyclic amines) is 1. The van der Waals surface area contributed by atoms with Crippen molar-refractivity contribution in [2.24, 2.45) is 16.8 Å². The molecule has 6 nitrogen and oxygen atoms in total. The summed E-state index contributed by atoms with van der Waals surface area (Å²) in [6, 6.07) is 0. The first-order chi connectivity index (χ1) is 10.9. The van der Waals surface area contributed by atoms with Gasteiger partial charge in [-0.1, -0.05) is 0 Å². The minimum absolute atomic E-state index is 0.196. The van der Waals surface area contributed by atoms with Gasteiger partial charge in [0.15, 0.2) is 5.96 Å². The van der Waals surface area contributed by atoms with E-state index in [4.69, 9.17) is 4.74 Å². The molecule has 1 heterocycles. The molecule has 1 aliphatic carbocycles. The fraction of sp³-hybridized carbons (Fsp3) is 0.882. The van der Waals surface area contributed by atoms with Gasteiger partial charge in [-0.05, 0) is 58.3 Å². The van der Waals surface area contributed by atoms with Crippen molar-refractivity contribution in [2.75, 3.05) is 33.2 Å². The second-order valence-electron chi connectivity index (χ2n) is 7.71. The Morgan fingerprint density at radius 1 is 1.17 bits per heavy atom. The Labute approximate surface area is 140 Å². The van der Waals surface area contributed by atoms with Crippen molar-refractivity contribution in [3.05, 3.63) is 0 Å². The number of piperidine rings is 1. The summed E-state index contributed by atoms with van der Waals surface area (Å²) in [7, 11) is 1.80. The Bertz CT molecular complexity index is 427. The molecule has 0 aromatic carbocycles. The number of guanidine groups is 1. The summed E-state index contributed by atoms with van der Waals surface area (Å²) in [6.45, 7) is 9.11. The lowest BCUT2D eigenvalue weighted by Crippen LogP contribution is -2.47. The van der Waals surface area contributed by atoms with Gasteiger partial charge in [0.05, 0.1) is 0 Å². The van der Waals surface area contributed by atoms with Crippen LogP contribution in [0.1, 0.15) is 46.5 Å². The predicted molar refractivity (Wildman–Crippen MR) is 92.6 cm³/mol. The molecule has 0 aromatic rings. The van der Waals surface area contributed by atoms with Crippen molar-refractivity contribution < 1.29 is 9.53 Å². The van der Waals surface area contributed by atoms with Crippen LogP contribution in [0.15, 0.2) is 4.99 Å². The number of rotatable bonds is 4. The average Bonchev–Trinajstić information content (AvgIpc) is 3.30. The summed E-state index contributed by atoms with van der Waals surface area (Å²) in [4.78, 5) is 18.3. The van der Waals surface area contributed by atoms with Crippen LogP contribution in [0.25, 0.3) is 0 Å². The van der Waals surface area contributed by atoms with Gasteiger partial charge < -0.3 is 20.3 Å². The van der Waals surface area contributed by atoms with E-state index in [1.165, 1.54) is 12.8 Å². The summed E-state index contributed by atoms with van der Waals surface area (Å²) < 4.78 is 5.47. The number of aliphatic imine (C=N–C) groups is 1. The smallest absolute Gasteiger partial charge is 0.410 e. The van der Waals surface area contributed by atoms with Crippen LogP contribution in [0.2, 0.25) is 0 Å². The molecule has 6 heteroatoms. The monoisotopic (exact) mass is 324 g/mol. The highest BCUT2D eigenvalue weighted by atomic mass is 16.6. The molecule has 0 radical (unpaired) electrons. The topological polar surface area (TPSA) is 66.0 Å². The average molecular weight is 324 g/mol. The lowest BCUT2D eigenvalue weighted by atomic mass is 9.98. The van der Waals surface area contributed by atoms with Crippen LogP contribution in [-0.4, -0.2) is 55.8 Å². The predicted octanol–water partition coefficient (Wildman–Crippen LogP) is 2.21. The van der Waals surface area contributed by atoms with Gasteiger partial charge in [0.25, 0.3) is 0 Å². The first kappa shape index (κ1) is 17.9. The van der Waals surface area contributed by atoms with Crippen LogP contribution >= 0.6 is 0 Å². The van der Waals surface area contributed by atoms with Crippen LogP contribution in [-0.2, 0) is 4.74 Å². The van der Waals surface area contributed by atoms with Gasteiger partial charge in [-0.2, -0.15) is 0 Å². The molecular formula is C17H32N4O2. The fourth-order valence-electron chi connectivity index (χ4n) is 2.75. The van der Waals surface area contributed by atoms with E-state index in [9.17, 15) is 4.79 Å². The number of ether oxygens (including phenoxy) is 1. The number of hydrogen-bond donors (Lipinski definition) is 2.